The smallest absolute Gasteiger partial charge is 0.262 e. The van der Waals surface area contributed by atoms with Crippen molar-refractivity contribution in [3.05, 3.63) is 65.0 Å². The fraction of sp³-hybridized carbons (Fsp3) is 0.0625. The lowest BCUT2D eigenvalue weighted by atomic mass is 10.1. The molecule has 0 spiro atoms. The second-order valence-electron chi connectivity index (χ2n) is 5.03. The van der Waals surface area contributed by atoms with E-state index in [2.05, 4.69) is 20.3 Å². The number of nitrogens with one attached hydrogen (secondary N) is 1. The van der Waals surface area contributed by atoms with Gasteiger partial charge < -0.3 is 5.32 Å². The molecule has 0 aliphatic rings. The van der Waals surface area contributed by atoms with Gasteiger partial charge in [-0.05, 0) is 17.2 Å². The number of halogens is 3. The first-order valence-corrected chi connectivity index (χ1v) is 6.81. The van der Waals surface area contributed by atoms with Crippen LogP contribution in [0.2, 0.25) is 0 Å². The quantitative estimate of drug-likeness (QED) is 0.793. The van der Waals surface area contributed by atoms with Gasteiger partial charge in [-0.3, -0.25) is 4.79 Å². The zero-order chi connectivity index (χ0) is 17.3. The Labute approximate surface area is 134 Å². The van der Waals surface area contributed by atoms with Gasteiger partial charge in [0.1, 0.15) is 23.0 Å². The van der Waals surface area contributed by atoms with Gasteiger partial charge in [-0.1, -0.05) is 29.8 Å². The standard InChI is InChI=1S/C16H10F3N3O2/c1-8-2-4-9(5-3-8)14-15(22-24-21-14)20-16(23)13-11(18)6-10(17)7-12(13)19/h2-7H,1H3,(H,20,22,23). The van der Waals surface area contributed by atoms with E-state index in [1.54, 1.807) is 12.1 Å². The van der Waals surface area contributed by atoms with E-state index in [4.69, 9.17) is 0 Å². The largest absolute Gasteiger partial charge is 0.302 e. The van der Waals surface area contributed by atoms with Gasteiger partial charge in [0.05, 0.1) is 0 Å². The highest BCUT2D eigenvalue weighted by Gasteiger charge is 2.22. The van der Waals surface area contributed by atoms with E-state index >= 15 is 0 Å². The van der Waals surface area contributed by atoms with Gasteiger partial charge in [0, 0.05) is 17.7 Å². The van der Waals surface area contributed by atoms with Crippen LogP contribution in [-0.2, 0) is 0 Å². The number of nitrogens with zero attached hydrogens (tertiary/aromatic N) is 2. The molecule has 0 bridgehead atoms. The number of hydrogen-bond acceptors (Lipinski definition) is 4. The molecule has 0 atom stereocenters. The highest BCUT2D eigenvalue weighted by molar-refractivity contribution is 6.05. The molecule has 2 aromatic carbocycles. The number of aryl methyl sites for hydroxylation is 1. The molecule has 0 saturated carbocycles. The summed E-state index contributed by atoms with van der Waals surface area (Å²) >= 11 is 0. The Morgan fingerprint density at radius 1 is 1.04 bits per heavy atom. The van der Waals surface area contributed by atoms with Crippen LogP contribution in [-0.4, -0.2) is 16.2 Å². The van der Waals surface area contributed by atoms with E-state index in [-0.39, 0.29) is 11.5 Å². The molecule has 122 valence electrons. The van der Waals surface area contributed by atoms with Crippen LogP contribution in [0.4, 0.5) is 19.0 Å². The summed E-state index contributed by atoms with van der Waals surface area (Å²) in [6, 6.07) is 7.91. The minimum atomic E-state index is -1.32. The average Bonchev–Trinajstić information content (AvgIpc) is 2.95. The molecule has 1 heterocycles. The molecule has 0 fully saturated rings. The molecule has 8 heteroatoms. The predicted molar refractivity (Wildman–Crippen MR) is 78.7 cm³/mol. The summed E-state index contributed by atoms with van der Waals surface area (Å²) in [5, 5.41) is 9.41. The van der Waals surface area contributed by atoms with Crippen molar-refractivity contribution in [2.75, 3.05) is 5.32 Å². The highest BCUT2D eigenvalue weighted by Crippen LogP contribution is 2.25. The lowest BCUT2D eigenvalue weighted by Gasteiger charge is -2.06. The van der Waals surface area contributed by atoms with Gasteiger partial charge in [-0.25, -0.2) is 17.8 Å². The molecule has 0 unspecified atom stereocenters. The Balaban J connectivity index is 1.92. The molecule has 3 rings (SSSR count). The maximum Gasteiger partial charge on any atom is 0.262 e. The van der Waals surface area contributed by atoms with Crippen LogP contribution in [0.15, 0.2) is 41.0 Å². The number of carbonyl (C=O) groups excluding carboxylic acids is 1. The molecule has 0 aliphatic heterocycles. The molecule has 1 amide bonds. The molecular formula is C16H10F3N3O2. The molecule has 3 aromatic rings. The first kappa shape index (κ1) is 15.7. The number of rotatable bonds is 3. The third kappa shape index (κ3) is 2.98. The fourth-order valence-corrected chi connectivity index (χ4v) is 2.10. The Kier molecular flexibility index (Phi) is 4.03. The van der Waals surface area contributed by atoms with E-state index in [1.807, 2.05) is 19.1 Å². The SMILES string of the molecule is Cc1ccc(-c2nonc2NC(=O)c2c(F)cc(F)cc2F)cc1. The highest BCUT2D eigenvalue weighted by atomic mass is 19.1. The van der Waals surface area contributed by atoms with E-state index in [0.29, 0.717) is 17.7 Å². The van der Waals surface area contributed by atoms with E-state index in [1.165, 1.54) is 0 Å². The Bertz CT molecular complexity index is 884. The van der Waals surface area contributed by atoms with Crippen LogP contribution in [0, 0.1) is 24.4 Å². The monoisotopic (exact) mass is 333 g/mol. The average molecular weight is 333 g/mol. The third-order valence-electron chi connectivity index (χ3n) is 3.28. The molecule has 0 aliphatic carbocycles. The number of carbonyl (C=O) groups is 1. The maximum absolute atomic E-state index is 13.7. The van der Waals surface area contributed by atoms with Crippen LogP contribution >= 0.6 is 0 Å². The zero-order valence-electron chi connectivity index (χ0n) is 12.3. The van der Waals surface area contributed by atoms with Crippen molar-refractivity contribution >= 4 is 11.7 Å². The molecule has 0 saturated heterocycles. The predicted octanol–water partition coefficient (Wildman–Crippen LogP) is 3.71. The molecule has 1 aromatic heterocycles. The minimum absolute atomic E-state index is 0.105. The molecular weight excluding hydrogens is 323 g/mol. The Morgan fingerprint density at radius 3 is 2.29 bits per heavy atom. The molecule has 5 nitrogen and oxygen atoms in total. The van der Waals surface area contributed by atoms with Gasteiger partial charge in [-0.15, -0.1) is 0 Å². The first-order chi connectivity index (χ1) is 11.5. The normalized spacial score (nSPS) is 10.7. The van der Waals surface area contributed by atoms with Crippen molar-refractivity contribution in [1.29, 1.82) is 0 Å². The van der Waals surface area contributed by atoms with Gasteiger partial charge in [0.2, 0.25) is 5.82 Å². The summed E-state index contributed by atoms with van der Waals surface area (Å²) in [5.74, 6) is -5.00. The number of anilines is 1. The van der Waals surface area contributed by atoms with Gasteiger partial charge in [0.15, 0.2) is 5.69 Å². The second-order valence-corrected chi connectivity index (χ2v) is 5.03. The number of hydrogen-bond donors (Lipinski definition) is 1. The zero-order valence-corrected chi connectivity index (χ0v) is 12.3. The minimum Gasteiger partial charge on any atom is -0.302 e. The van der Waals surface area contributed by atoms with E-state index in [0.717, 1.165) is 5.56 Å². The second kappa shape index (κ2) is 6.15. The third-order valence-corrected chi connectivity index (χ3v) is 3.28. The summed E-state index contributed by atoms with van der Waals surface area (Å²) in [6.07, 6.45) is 0. The number of aromatic nitrogens is 2. The summed E-state index contributed by atoms with van der Waals surface area (Å²) < 4.78 is 44.8. The van der Waals surface area contributed by atoms with Crippen LogP contribution < -0.4 is 5.32 Å². The van der Waals surface area contributed by atoms with Gasteiger partial charge in [0.25, 0.3) is 5.91 Å². The topological polar surface area (TPSA) is 68.0 Å². The van der Waals surface area contributed by atoms with Crippen molar-refractivity contribution in [3.63, 3.8) is 0 Å². The van der Waals surface area contributed by atoms with Crippen molar-refractivity contribution in [3.8, 4) is 11.3 Å². The Hall–Kier alpha value is -3.16. The molecule has 24 heavy (non-hydrogen) atoms. The van der Waals surface area contributed by atoms with Crippen molar-refractivity contribution < 1.29 is 22.6 Å². The van der Waals surface area contributed by atoms with Crippen molar-refractivity contribution in [2.24, 2.45) is 0 Å². The number of amides is 1. The summed E-state index contributed by atoms with van der Waals surface area (Å²) in [6.45, 7) is 1.90. The van der Waals surface area contributed by atoms with Crippen LogP contribution in [0.1, 0.15) is 15.9 Å². The van der Waals surface area contributed by atoms with Crippen LogP contribution in [0.5, 0.6) is 0 Å². The Morgan fingerprint density at radius 2 is 1.67 bits per heavy atom. The van der Waals surface area contributed by atoms with Gasteiger partial charge in [-0.2, -0.15) is 0 Å². The van der Waals surface area contributed by atoms with Gasteiger partial charge >= 0.3 is 0 Å². The molecule has 1 N–H and O–H groups in total. The lowest BCUT2D eigenvalue weighted by Crippen LogP contribution is -2.17. The summed E-state index contributed by atoms with van der Waals surface area (Å²) in [7, 11) is 0. The fourth-order valence-electron chi connectivity index (χ4n) is 2.10. The number of benzene rings is 2. The molecule has 0 radical (unpaired) electrons. The van der Waals surface area contributed by atoms with E-state index < -0.39 is 28.9 Å². The maximum atomic E-state index is 13.7. The lowest BCUT2D eigenvalue weighted by molar-refractivity contribution is 0.101. The van der Waals surface area contributed by atoms with Crippen molar-refractivity contribution in [1.82, 2.24) is 10.3 Å². The first-order valence-electron chi connectivity index (χ1n) is 6.81. The summed E-state index contributed by atoms with van der Waals surface area (Å²) in [4.78, 5) is 12.1. The summed E-state index contributed by atoms with van der Waals surface area (Å²) in [5.41, 5.74) is 0.883. The van der Waals surface area contributed by atoms with Crippen LogP contribution in [0.3, 0.4) is 0 Å². The van der Waals surface area contributed by atoms with Crippen molar-refractivity contribution in [2.45, 2.75) is 6.92 Å². The van der Waals surface area contributed by atoms with Crippen LogP contribution in [0.25, 0.3) is 11.3 Å². The van der Waals surface area contributed by atoms with E-state index in [9.17, 15) is 18.0 Å².